The molecule has 0 N–H and O–H groups in total. The van der Waals surface area contributed by atoms with E-state index in [1.165, 1.54) is 24.8 Å². The van der Waals surface area contributed by atoms with Crippen molar-refractivity contribution in [1.82, 2.24) is 0 Å². The summed E-state index contributed by atoms with van der Waals surface area (Å²) < 4.78 is 0. The number of hydrogen-bond acceptors (Lipinski definition) is 0. The molecule has 0 aromatic carbocycles. The van der Waals surface area contributed by atoms with Gasteiger partial charge in [-0.15, -0.1) is 13.2 Å². The van der Waals surface area contributed by atoms with E-state index in [1.54, 1.807) is 5.57 Å². The van der Waals surface area contributed by atoms with Gasteiger partial charge in [-0.05, 0) is 44.4 Å². The van der Waals surface area contributed by atoms with Crippen LogP contribution in [0.4, 0.5) is 0 Å². The highest BCUT2D eigenvalue weighted by molar-refractivity contribution is 5.22. The van der Waals surface area contributed by atoms with Crippen molar-refractivity contribution in [3.63, 3.8) is 0 Å². The lowest BCUT2D eigenvalue weighted by Gasteiger charge is -2.10. The minimum Gasteiger partial charge on any atom is -0.103 e. The van der Waals surface area contributed by atoms with Crippen LogP contribution in [0, 0.1) is 5.92 Å². The quantitative estimate of drug-likeness (QED) is 0.535. The van der Waals surface area contributed by atoms with E-state index < -0.39 is 0 Å². The van der Waals surface area contributed by atoms with Crippen LogP contribution in [-0.4, -0.2) is 0 Å². The lowest BCUT2D eigenvalue weighted by molar-refractivity contribution is 0.750. The minimum absolute atomic E-state index is 0.690. The molecule has 16 heavy (non-hydrogen) atoms. The maximum absolute atomic E-state index is 3.82. The first-order valence-corrected chi connectivity index (χ1v) is 6.42. The minimum atomic E-state index is 0.690. The van der Waals surface area contributed by atoms with Crippen molar-refractivity contribution in [1.29, 1.82) is 0 Å². The van der Waals surface area contributed by atoms with Crippen molar-refractivity contribution < 1.29 is 0 Å². The van der Waals surface area contributed by atoms with Gasteiger partial charge in [-0.3, -0.25) is 0 Å². The average molecular weight is 216 g/mol. The largest absolute Gasteiger partial charge is 0.103 e. The van der Waals surface area contributed by atoms with Crippen molar-refractivity contribution in [3.8, 4) is 0 Å². The van der Waals surface area contributed by atoms with Crippen molar-refractivity contribution in [2.75, 3.05) is 0 Å². The predicted octanol–water partition coefficient (Wildman–Crippen LogP) is 5.20. The number of rotatable bonds is 6. The average Bonchev–Trinajstić information content (AvgIpc) is 2.73. The van der Waals surface area contributed by atoms with Gasteiger partial charge in [0.2, 0.25) is 0 Å². The van der Waals surface area contributed by atoms with Gasteiger partial charge in [0.05, 0.1) is 0 Å². The van der Waals surface area contributed by atoms with E-state index >= 15 is 0 Å². The fourth-order valence-electron chi connectivity index (χ4n) is 2.38. The van der Waals surface area contributed by atoms with Gasteiger partial charge >= 0.3 is 0 Å². The third-order valence-electron chi connectivity index (χ3n) is 3.30. The van der Waals surface area contributed by atoms with E-state index in [-0.39, 0.29) is 0 Å². The van der Waals surface area contributed by atoms with Crippen molar-refractivity contribution in [2.45, 2.75) is 45.4 Å². The molecule has 0 unspecified atom stereocenters. The summed E-state index contributed by atoms with van der Waals surface area (Å²) in [6.07, 6.45) is 16.0. The highest BCUT2D eigenvalue weighted by Crippen LogP contribution is 2.33. The lowest BCUT2D eigenvalue weighted by Crippen LogP contribution is -1.94. The van der Waals surface area contributed by atoms with Gasteiger partial charge < -0.3 is 0 Å². The molecule has 0 radical (unpaired) electrons. The molecule has 0 aliphatic heterocycles. The summed E-state index contributed by atoms with van der Waals surface area (Å²) in [7, 11) is 0. The van der Waals surface area contributed by atoms with Crippen LogP contribution in [0.1, 0.15) is 45.4 Å². The Morgan fingerprint density at radius 2 is 2.19 bits per heavy atom. The van der Waals surface area contributed by atoms with E-state index in [9.17, 15) is 0 Å². The van der Waals surface area contributed by atoms with Gasteiger partial charge in [-0.1, -0.05) is 42.4 Å². The first-order valence-electron chi connectivity index (χ1n) is 6.42. The lowest BCUT2D eigenvalue weighted by atomic mass is 9.96. The zero-order valence-electron chi connectivity index (χ0n) is 10.5. The predicted molar refractivity (Wildman–Crippen MR) is 73.4 cm³/mol. The van der Waals surface area contributed by atoms with E-state index in [4.69, 9.17) is 0 Å². The summed E-state index contributed by atoms with van der Waals surface area (Å²) in [6, 6.07) is 0. The van der Waals surface area contributed by atoms with Crippen molar-refractivity contribution in [2.24, 2.45) is 5.92 Å². The molecule has 0 heteroatoms. The molecule has 1 aliphatic carbocycles. The first-order chi connectivity index (χ1) is 7.81. The highest BCUT2D eigenvalue weighted by Gasteiger charge is 2.18. The Morgan fingerprint density at radius 3 is 2.81 bits per heavy atom. The SMILES string of the molecule is C=CC/C=C1\CCC[C@@H]1/C=C(\CC)CC=C. The molecule has 0 bridgehead atoms. The van der Waals surface area contributed by atoms with Crippen LogP contribution in [0.3, 0.4) is 0 Å². The van der Waals surface area contributed by atoms with Crippen molar-refractivity contribution in [3.05, 3.63) is 48.6 Å². The van der Waals surface area contributed by atoms with Gasteiger partial charge in [0.25, 0.3) is 0 Å². The van der Waals surface area contributed by atoms with Crippen LogP contribution in [0.25, 0.3) is 0 Å². The molecule has 0 amide bonds. The molecule has 1 fully saturated rings. The Morgan fingerprint density at radius 1 is 1.38 bits per heavy atom. The van der Waals surface area contributed by atoms with Crippen LogP contribution in [0.15, 0.2) is 48.6 Å². The summed E-state index contributed by atoms with van der Waals surface area (Å²) in [5, 5.41) is 0. The van der Waals surface area contributed by atoms with Crippen LogP contribution < -0.4 is 0 Å². The normalized spacial score (nSPS) is 23.7. The summed E-state index contributed by atoms with van der Waals surface area (Å²) in [5.41, 5.74) is 3.15. The van der Waals surface area contributed by atoms with Gasteiger partial charge in [0.15, 0.2) is 0 Å². The summed E-state index contributed by atoms with van der Waals surface area (Å²) in [5.74, 6) is 0.690. The third-order valence-corrected chi connectivity index (χ3v) is 3.30. The summed E-state index contributed by atoms with van der Waals surface area (Å²) in [4.78, 5) is 0. The second kappa shape index (κ2) is 7.27. The first kappa shape index (κ1) is 13.0. The maximum atomic E-state index is 3.82. The second-order valence-electron chi connectivity index (χ2n) is 4.47. The van der Waals surface area contributed by atoms with Gasteiger partial charge in [-0.25, -0.2) is 0 Å². The number of allylic oxidation sites excluding steroid dienone is 6. The van der Waals surface area contributed by atoms with Gasteiger partial charge in [0.1, 0.15) is 0 Å². The third kappa shape index (κ3) is 3.84. The molecular weight excluding hydrogens is 192 g/mol. The van der Waals surface area contributed by atoms with Crippen LogP contribution in [-0.2, 0) is 0 Å². The fourth-order valence-corrected chi connectivity index (χ4v) is 2.38. The molecule has 0 heterocycles. The van der Waals surface area contributed by atoms with Crippen LogP contribution in [0.2, 0.25) is 0 Å². The smallest absolute Gasteiger partial charge is 0.00203 e. The Bertz CT molecular complexity index is 291. The van der Waals surface area contributed by atoms with Crippen molar-refractivity contribution >= 4 is 0 Å². The van der Waals surface area contributed by atoms with Crippen LogP contribution >= 0.6 is 0 Å². The maximum Gasteiger partial charge on any atom is -0.00203 e. The molecule has 1 rings (SSSR count). The zero-order chi connectivity index (χ0) is 11.8. The summed E-state index contributed by atoms with van der Waals surface area (Å²) >= 11 is 0. The molecule has 0 aromatic rings. The Kier molecular flexibility index (Phi) is 5.92. The molecule has 1 saturated carbocycles. The highest BCUT2D eigenvalue weighted by atomic mass is 14.2. The van der Waals surface area contributed by atoms with E-state index in [0.29, 0.717) is 5.92 Å². The fraction of sp³-hybridized carbons (Fsp3) is 0.500. The Labute approximate surface area is 100 Å². The van der Waals surface area contributed by atoms with E-state index in [0.717, 1.165) is 19.3 Å². The molecule has 1 atom stereocenters. The molecule has 1 aliphatic rings. The second-order valence-corrected chi connectivity index (χ2v) is 4.47. The molecule has 0 saturated heterocycles. The van der Waals surface area contributed by atoms with E-state index in [2.05, 4.69) is 32.2 Å². The van der Waals surface area contributed by atoms with Gasteiger partial charge in [0, 0.05) is 0 Å². The Hall–Kier alpha value is -1.04. The molecule has 0 aromatic heterocycles. The molecule has 0 spiro atoms. The summed E-state index contributed by atoms with van der Waals surface area (Å²) in [6.45, 7) is 9.84. The molecule has 88 valence electrons. The Balaban J connectivity index is 2.70. The number of hydrogen-bond donors (Lipinski definition) is 0. The monoisotopic (exact) mass is 216 g/mol. The zero-order valence-corrected chi connectivity index (χ0v) is 10.5. The topological polar surface area (TPSA) is 0 Å². The standard InChI is InChI=1S/C16H24/c1-4-7-10-15-11-8-12-16(15)13-14(6-3)9-5-2/h4-5,10,13,16H,1-2,6-9,11-12H2,3H3/b14-13+,15-10+/t16-/m1/s1. The molecule has 0 nitrogen and oxygen atoms in total. The van der Waals surface area contributed by atoms with Crippen LogP contribution in [0.5, 0.6) is 0 Å². The van der Waals surface area contributed by atoms with E-state index in [1.807, 2.05) is 12.2 Å². The molecular formula is C16H24. The van der Waals surface area contributed by atoms with Gasteiger partial charge in [-0.2, -0.15) is 0 Å².